The van der Waals surface area contributed by atoms with E-state index >= 15 is 0 Å². The fourth-order valence-corrected chi connectivity index (χ4v) is 3.78. The molecule has 2 saturated heterocycles. The maximum atomic E-state index is 11.8. The summed E-state index contributed by atoms with van der Waals surface area (Å²) in [6.45, 7) is 2.98. The third-order valence-corrected chi connectivity index (χ3v) is 4.50. The van der Waals surface area contributed by atoms with Gasteiger partial charge in [0.2, 0.25) is 0 Å². The molecule has 1 amide bonds. The van der Waals surface area contributed by atoms with E-state index in [0.29, 0.717) is 12.0 Å². The van der Waals surface area contributed by atoms with E-state index in [-0.39, 0.29) is 12.2 Å². The molecule has 1 saturated carbocycles. The summed E-state index contributed by atoms with van der Waals surface area (Å²) in [5.41, 5.74) is 0. The Balaban J connectivity index is 1.92. The largest absolute Gasteiger partial charge is 0.446 e. The molecule has 2 aliphatic heterocycles. The average molecular weight is 209 g/mol. The number of cyclic esters (lactones) is 1. The number of hydrogen-bond donors (Lipinski definition) is 0. The van der Waals surface area contributed by atoms with E-state index in [0.717, 1.165) is 18.9 Å². The second-order valence-corrected chi connectivity index (χ2v) is 5.27. The zero-order valence-corrected chi connectivity index (χ0v) is 9.32. The quantitative estimate of drug-likeness (QED) is 0.613. The van der Waals surface area contributed by atoms with Gasteiger partial charge in [-0.25, -0.2) is 4.79 Å². The van der Waals surface area contributed by atoms with Crippen LogP contribution in [0.25, 0.3) is 0 Å². The van der Waals surface area contributed by atoms with Crippen molar-refractivity contribution in [3.8, 4) is 0 Å². The third-order valence-electron chi connectivity index (χ3n) is 4.50. The van der Waals surface area contributed by atoms with Crippen molar-refractivity contribution in [2.45, 2.75) is 51.2 Å². The van der Waals surface area contributed by atoms with E-state index in [1.165, 1.54) is 25.7 Å². The molecule has 84 valence electrons. The molecule has 3 aliphatic rings. The summed E-state index contributed by atoms with van der Waals surface area (Å²) >= 11 is 0. The predicted octanol–water partition coefficient (Wildman–Crippen LogP) is 2.41. The van der Waals surface area contributed by atoms with Gasteiger partial charge in [0.15, 0.2) is 0 Å². The molecule has 0 N–H and O–H groups in total. The molecule has 0 aromatic heterocycles. The summed E-state index contributed by atoms with van der Waals surface area (Å²) in [5, 5.41) is 0. The predicted molar refractivity (Wildman–Crippen MR) is 56.5 cm³/mol. The lowest BCUT2D eigenvalue weighted by atomic mass is 9.90. The number of ether oxygens (including phenoxy) is 1. The van der Waals surface area contributed by atoms with Gasteiger partial charge in [0, 0.05) is 18.5 Å². The molecule has 0 aromatic rings. The highest BCUT2D eigenvalue weighted by atomic mass is 16.6. The van der Waals surface area contributed by atoms with Crippen LogP contribution in [-0.4, -0.2) is 29.7 Å². The number of hydrogen-bond acceptors (Lipinski definition) is 2. The van der Waals surface area contributed by atoms with Crippen molar-refractivity contribution in [1.29, 1.82) is 0 Å². The minimum Gasteiger partial charge on any atom is -0.446 e. The van der Waals surface area contributed by atoms with Gasteiger partial charge in [-0.3, -0.25) is 0 Å². The summed E-state index contributed by atoms with van der Waals surface area (Å²) in [6, 6.07) is 0.503. The first kappa shape index (κ1) is 9.49. The van der Waals surface area contributed by atoms with E-state index in [2.05, 4.69) is 6.92 Å². The number of nitrogens with zero attached hydrogens (tertiary/aromatic N) is 1. The SMILES string of the molecule is CC1OC(=O)N2CCCCC3CCC1C32. The number of rotatable bonds is 0. The first-order valence-corrected chi connectivity index (χ1v) is 6.24. The van der Waals surface area contributed by atoms with Crippen LogP contribution in [0.1, 0.15) is 39.0 Å². The minimum absolute atomic E-state index is 0.0578. The van der Waals surface area contributed by atoms with Crippen molar-refractivity contribution in [2.24, 2.45) is 11.8 Å². The molecule has 3 rings (SSSR count). The van der Waals surface area contributed by atoms with Crippen LogP contribution in [-0.2, 0) is 4.74 Å². The van der Waals surface area contributed by atoms with E-state index in [4.69, 9.17) is 4.74 Å². The van der Waals surface area contributed by atoms with Crippen LogP contribution in [0.15, 0.2) is 0 Å². The van der Waals surface area contributed by atoms with Gasteiger partial charge in [0.25, 0.3) is 0 Å². The van der Waals surface area contributed by atoms with Crippen molar-refractivity contribution >= 4 is 6.09 Å². The summed E-state index contributed by atoms with van der Waals surface area (Å²) in [7, 11) is 0. The number of carbonyl (C=O) groups is 1. The maximum absolute atomic E-state index is 11.8. The highest BCUT2D eigenvalue weighted by Gasteiger charge is 2.49. The second-order valence-electron chi connectivity index (χ2n) is 5.27. The fourth-order valence-electron chi connectivity index (χ4n) is 3.78. The monoisotopic (exact) mass is 209 g/mol. The van der Waals surface area contributed by atoms with Gasteiger partial charge in [-0.1, -0.05) is 6.42 Å². The summed E-state index contributed by atoms with van der Waals surface area (Å²) in [4.78, 5) is 13.8. The van der Waals surface area contributed by atoms with Gasteiger partial charge >= 0.3 is 6.09 Å². The molecular weight excluding hydrogens is 190 g/mol. The van der Waals surface area contributed by atoms with Gasteiger partial charge in [0.05, 0.1) is 0 Å². The molecule has 0 spiro atoms. The highest BCUT2D eigenvalue weighted by Crippen LogP contribution is 2.44. The van der Waals surface area contributed by atoms with Crippen molar-refractivity contribution in [3.05, 3.63) is 0 Å². The minimum atomic E-state index is -0.0578. The van der Waals surface area contributed by atoms with Crippen molar-refractivity contribution in [3.63, 3.8) is 0 Å². The molecular formula is C12H19NO2. The lowest BCUT2D eigenvalue weighted by Gasteiger charge is -2.41. The van der Waals surface area contributed by atoms with Crippen LogP contribution in [0.5, 0.6) is 0 Å². The van der Waals surface area contributed by atoms with Crippen LogP contribution < -0.4 is 0 Å². The van der Waals surface area contributed by atoms with Crippen LogP contribution >= 0.6 is 0 Å². The molecule has 4 atom stereocenters. The van der Waals surface area contributed by atoms with Crippen molar-refractivity contribution in [2.75, 3.05) is 6.54 Å². The zero-order valence-electron chi connectivity index (χ0n) is 9.32. The molecule has 2 heterocycles. The number of amides is 1. The van der Waals surface area contributed by atoms with E-state index in [1.807, 2.05) is 4.90 Å². The second kappa shape index (κ2) is 3.39. The first-order chi connectivity index (χ1) is 7.27. The van der Waals surface area contributed by atoms with Gasteiger partial charge in [-0.2, -0.15) is 0 Å². The zero-order chi connectivity index (χ0) is 10.4. The Morgan fingerprint density at radius 3 is 3.00 bits per heavy atom. The van der Waals surface area contributed by atoms with Crippen molar-refractivity contribution in [1.82, 2.24) is 4.90 Å². The van der Waals surface area contributed by atoms with E-state index in [9.17, 15) is 4.79 Å². The van der Waals surface area contributed by atoms with Gasteiger partial charge in [-0.15, -0.1) is 0 Å². The Hall–Kier alpha value is -0.730. The van der Waals surface area contributed by atoms with Crippen LogP contribution in [0.3, 0.4) is 0 Å². The Bertz CT molecular complexity index is 279. The maximum Gasteiger partial charge on any atom is 0.410 e. The summed E-state index contributed by atoms with van der Waals surface area (Å²) < 4.78 is 5.43. The van der Waals surface area contributed by atoms with Crippen LogP contribution in [0, 0.1) is 11.8 Å². The van der Waals surface area contributed by atoms with Gasteiger partial charge in [-0.05, 0) is 38.5 Å². The lowest BCUT2D eigenvalue weighted by molar-refractivity contribution is -0.0303. The molecule has 3 fully saturated rings. The average Bonchev–Trinajstić information content (AvgIpc) is 2.50. The molecule has 3 nitrogen and oxygen atoms in total. The molecule has 1 aliphatic carbocycles. The Labute approximate surface area is 90.8 Å². The topological polar surface area (TPSA) is 29.5 Å². The van der Waals surface area contributed by atoms with Gasteiger partial charge in [0.1, 0.15) is 6.10 Å². The lowest BCUT2D eigenvalue weighted by Crippen LogP contribution is -2.53. The first-order valence-electron chi connectivity index (χ1n) is 6.24. The smallest absolute Gasteiger partial charge is 0.410 e. The molecule has 0 bridgehead atoms. The van der Waals surface area contributed by atoms with E-state index in [1.54, 1.807) is 0 Å². The Kier molecular flexibility index (Phi) is 2.15. The van der Waals surface area contributed by atoms with Crippen LogP contribution in [0.2, 0.25) is 0 Å². The van der Waals surface area contributed by atoms with Crippen LogP contribution in [0.4, 0.5) is 4.79 Å². The molecule has 4 unspecified atom stereocenters. The van der Waals surface area contributed by atoms with Gasteiger partial charge < -0.3 is 9.64 Å². The molecule has 0 radical (unpaired) electrons. The summed E-state index contributed by atoms with van der Waals surface area (Å²) in [5.74, 6) is 1.36. The third kappa shape index (κ3) is 1.35. The number of carbonyl (C=O) groups excluding carboxylic acids is 1. The molecule has 0 aromatic carbocycles. The highest BCUT2D eigenvalue weighted by molar-refractivity contribution is 5.69. The Morgan fingerprint density at radius 2 is 2.13 bits per heavy atom. The van der Waals surface area contributed by atoms with E-state index < -0.39 is 0 Å². The fraction of sp³-hybridized carbons (Fsp3) is 0.917. The normalized spacial score (nSPS) is 44.6. The van der Waals surface area contributed by atoms with Crippen molar-refractivity contribution < 1.29 is 9.53 Å². The standard InChI is InChI=1S/C12H19NO2/c1-8-10-6-5-9-4-2-3-7-13(11(9)10)12(14)15-8/h8-11H,2-7H2,1H3. The summed E-state index contributed by atoms with van der Waals surface area (Å²) in [6.07, 6.45) is 6.39. The Morgan fingerprint density at radius 1 is 1.27 bits per heavy atom. The molecule has 15 heavy (non-hydrogen) atoms. The molecule has 3 heteroatoms.